The number of hydrogen-bond donors (Lipinski definition) is 4. The molecule has 5 aliphatic rings. The zero-order chi connectivity index (χ0) is 46.2. The molecule has 17 heteroatoms. The van der Waals surface area contributed by atoms with E-state index in [1.807, 2.05) is 12.1 Å². The van der Waals surface area contributed by atoms with Crippen LogP contribution in [0.2, 0.25) is 0 Å². The maximum Gasteiger partial charge on any atom is 0.328 e. The van der Waals surface area contributed by atoms with E-state index in [1.165, 1.54) is 29.2 Å². The van der Waals surface area contributed by atoms with E-state index >= 15 is 0 Å². The maximum atomic E-state index is 13.3. The highest BCUT2D eigenvalue weighted by Crippen LogP contribution is 2.48. The Kier molecular flexibility index (Phi) is 11.9. The van der Waals surface area contributed by atoms with E-state index in [9.17, 15) is 28.4 Å². The highest BCUT2D eigenvalue weighted by molar-refractivity contribution is 6.17. The van der Waals surface area contributed by atoms with E-state index in [-0.39, 0.29) is 18.2 Å². The monoisotopic (exact) mass is 909 g/mol. The third kappa shape index (κ3) is 9.33. The number of carbonyl (C=O) groups is 5. The lowest BCUT2D eigenvalue weighted by Crippen LogP contribution is -2.50. The molecule has 0 unspecified atom stereocenters. The lowest BCUT2D eigenvalue weighted by molar-refractivity contribution is -0.131. The molecule has 67 heavy (non-hydrogen) atoms. The number of amides is 6. The van der Waals surface area contributed by atoms with E-state index in [4.69, 9.17) is 14.5 Å². The van der Waals surface area contributed by atoms with Crippen LogP contribution in [-0.2, 0) is 19.2 Å². The predicted molar refractivity (Wildman–Crippen MR) is 251 cm³/mol. The first-order valence-electron chi connectivity index (χ1n) is 22.9. The van der Waals surface area contributed by atoms with Gasteiger partial charge in [0.25, 0.3) is 0 Å². The minimum atomic E-state index is -1.17. The average Bonchev–Trinajstić information content (AvgIpc) is 3.94. The van der Waals surface area contributed by atoms with Gasteiger partial charge in [-0.15, -0.1) is 0 Å². The molecule has 1 aliphatic carbocycles. The molecular weight excluding hydrogens is 858 g/mol. The topological polar surface area (TPSA) is 178 Å². The maximum absolute atomic E-state index is 13.3. The van der Waals surface area contributed by atoms with E-state index in [1.54, 1.807) is 61.8 Å². The number of anilines is 5. The van der Waals surface area contributed by atoms with Gasteiger partial charge in [-0.05, 0) is 129 Å². The summed E-state index contributed by atoms with van der Waals surface area (Å²) in [5, 5.41) is 11.7. The number of carbonyl (C=O) groups excluding carboxylic acids is 5. The standard InChI is InChI=1S/C50H52FN9O7/c1-66-44-25-40-41(52-20-14-43(40)67-39-12-8-35(9-13-39)55-48(64)50(18-19-50)47(63)54-34-4-2-32(51)3-5-34)26-42(44)57-21-15-31(16-22-57)27-58-28-38-24-37(58)29-59(38)30-46(62)53-33-6-10-36(11-7-33)60-23-17-45(61)56-49(60)65/h2-14,20,25-26,31,37-38H,15-19,21-24,27-30H2,1H3,(H,53,62)(H,54,63)(H,55,64)(H,56,61,65)/t37-,38-/m0/s1. The van der Waals surface area contributed by atoms with Crippen LogP contribution in [0.5, 0.6) is 17.2 Å². The van der Waals surface area contributed by atoms with Crippen LogP contribution in [0.3, 0.4) is 0 Å². The molecule has 10 rings (SSSR count). The average molecular weight is 910 g/mol. The smallest absolute Gasteiger partial charge is 0.328 e. The predicted octanol–water partition coefficient (Wildman–Crippen LogP) is 6.59. The van der Waals surface area contributed by atoms with Crippen molar-refractivity contribution in [3.05, 3.63) is 103 Å². The molecule has 6 amide bonds. The number of pyridine rings is 1. The number of urea groups is 1. The van der Waals surface area contributed by atoms with Gasteiger partial charge in [-0.25, -0.2) is 9.18 Å². The number of hydrogen-bond acceptors (Lipinski definition) is 11. The number of aromatic nitrogens is 1. The van der Waals surface area contributed by atoms with E-state index < -0.39 is 29.1 Å². The summed E-state index contributed by atoms with van der Waals surface area (Å²) >= 11 is 0. The van der Waals surface area contributed by atoms with Crippen LogP contribution in [0.15, 0.2) is 97.2 Å². The summed E-state index contributed by atoms with van der Waals surface area (Å²) in [7, 11) is 1.68. The Morgan fingerprint density at radius 1 is 0.791 bits per heavy atom. The van der Waals surface area contributed by atoms with Gasteiger partial charge in [-0.3, -0.25) is 44.2 Å². The Balaban J connectivity index is 0.692. The van der Waals surface area contributed by atoms with Gasteiger partial charge in [0.15, 0.2) is 0 Å². The number of piperidine rings is 1. The largest absolute Gasteiger partial charge is 0.495 e. The second-order valence-electron chi connectivity index (χ2n) is 18.2. The second kappa shape index (κ2) is 18.3. The summed E-state index contributed by atoms with van der Waals surface area (Å²) < 4.78 is 25.6. The van der Waals surface area contributed by atoms with Gasteiger partial charge < -0.3 is 30.3 Å². The molecule has 2 bridgehead atoms. The van der Waals surface area contributed by atoms with Gasteiger partial charge >= 0.3 is 6.03 Å². The fourth-order valence-electron chi connectivity index (χ4n) is 9.94. The summed E-state index contributed by atoms with van der Waals surface area (Å²) in [4.78, 5) is 76.5. The van der Waals surface area contributed by atoms with Crippen LogP contribution in [0.25, 0.3) is 10.9 Å². The Morgan fingerprint density at radius 3 is 2.07 bits per heavy atom. The quantitative estimate of drug-likeness (QED) is 0.0884. The lowest BCUT2D eigenvalue weighted by Gasteiger charge is -2.39. The molecule has 0 spiro atoms. The van der Waals surface area contributed by atoms with Crippen molar-refractivity contribution < 1.29 is 37.8 Å². The first-order chi connectivity index (χ1) is 32.5. The second-order valence-corrected chi connectivity index (χ2v) is 18.2. The number of nitrogens with one attached hydrogen (secondary N) is 4. The molecule has 1 saturated carbocycles. The van der Waals surface area contributed by atoms with Crippen LogP contribution >= 0.6 is 0 Å². The fraction of sp³-hybridized carbons (Fsp3) is 0.360. The van der Waals surface area contributed by atoms with E-state index in [2.05, 4.69) is 42.0 Å². The third-order valence-electron chi connectivity index (χ3n) is 13.8. The van der Waals surface area contributed by atoms with Crippen molar-refractivity contribution >= 4 is 69.0 Å². The Labute approximate surface area is 386 Å². The Morgan fingerprint density at radius 2 is 1.43 bits per heavy atom. The molecule has 4 aromatic carbocycles. The highest BCUT2D eigenvalue weighted by Gasteiger charge is 2.56. The number of rotatable bonds is 14. The zero-order valence-corrected chi connectivity index (χ0v) is 37.1. The van der Waals surface area contributed by atoms with Crippen LogP contribution in [-0.4, -0.2) is 109 Å². The number of piperazine rings is 1. The molecule has 1 aromatic heterocycles. The molecule has 16 nitrogen and oxygen atoms in total. The SMILES string of the molecule is COc1cc2c(Oc3ccc(NC(=O)C4(C(=O)Nc5ccc(F)cc5)CC4)cc3)ccnc2cc1N1CCC(CN2C[C@@H]3C[C@H]2CN3CC(=O)Nc2ccc(N3CCC(=O)NC3=O)cc2)CC1. The number of halogens is 1. The van der Waals surface area contributed by atoms with Gasteiger partial charge in [0, 0.05) is 92.1 Å². The van der Waals surface area contributed by atoms with Crippen molar-refractivity contribution in [1.82, 2.24) is 20.1 Å². The number of benzene rings is 4. The first-order valence-corrected chi connectivity index (χ1v) is 22.9. The zero-order valence-electron chi connectivity index (χ0n) is 37.1. The highest BCUT2D eigenvalue weighted by atomic mass is 19.1. The molecule has 2 atom stereocenters. The number of ether oxygens (including phenoxy) is 2. The molecule has 5 aromatic rings. The number of likely N-dealkylation sites (tertiary alicyclic amines) is 2. The van der Waals surface area contributed by atoms with Crippen molar-refractivity contribution in [2.24, 2.45) is 11.3 Å². The van der Waals surface area contributed by atoms with Crippen molar-refractivity contribution in [3.8, 4) is 17.2 Å². The molecule has 4 saturated heterocycles. The van der Waals surface area contributed by atoms with Gasteiger partial charge in [0.2, 0.25) is 23.6 Å². The van der Waals surface area contributed by atoms with Gasteiger partial charge in [-0.2, -0.15) is 0 Å². The molecule has 4 N–H and O–H groups in total. The van der Waals surface area contributed by atoms with Crippen LogP contribution < -0.4 is 40.5 Å². The molecule has 5 fully saturated rings. The van der Waals surface area contributed by atoms with Crippen molar-refractivity contribution in [1.29, 1.82) is 0 Å². The van der Waals surface area contributed by atoms with E-state index in [0.29, 0.717) is 78.2 Å². The molecule has 346 valence electrons. The Hall–Kier alpha value is -7.11. The minimum Gasteiger partial charge on any atom is -0.495 e. The van der Waals surface area contributed by atoms with Gasteiger partial charge in [0.05, 0.1) is 24.9 Å². The lowest BCUT2D eigenvalue weighted by atomic mass is 9.95. The van der Waals surface area contributed by atoms with Crippen molar-refractivity contribution in [2.75, 3.05) is 78.7 Å². The molecule has 5 heterocycles. The summed E-state index contributed by atoms with van der Waals surface area (Å²) in [6.07, 6.45) is 6.00. The number of fused-ring (bicyclic) bond motifs is 3. The number of nitrogens with zero attached hydrogens (tertiary/aromatic N) is 5. The summed E-state index contributed by atoms with van der Waals surface area (Å²) in [6, 6.07) is 25.7. The van der Waals surface area contributed by atoms with Crippen molar-refractivity contribution in [3.63, 3.8) is 0 Å². The van der Waals surface area contributed by atoms with Crippen LogP contribution in [0.1, 0.15) is 38.5 Å². The normalized spacial score (nSPS) is 20.4. The Bertz CT molecular complexity index is 2710. The summed E-state index contributed by atoms with van der Waals surface area (Å²) in [6.45, 7) is 5.33. The third-order valence-corrected chi connectivity index (χ3v) is 13.8. The van der Waals surface area contributed by atoms with Crippen molar-refractivity contribution in [2.45, 2.75) is 50.6 Å². The molecule has 0 radical (unpaired) electrons. The summed E-state index contributed by atoms with van der Waals surface area (Å²) in [5.74, 6) is 0.916. The fourth-order valence-corrected chi connectivity index (χ4v) is 9.94. The van der Waals surface area contributed by atoms with Crippen LogP contribution in [0.4, 0.5) is 37.6 Å². The first kappa shape index (κ1) is 43.8. The molecule has 4 aliphatic heterocycles. The van der Waals surface area contributed by atoms with Crippen LogP contribution in [0, 0.1) is 17.2 Å². The number of methoxy groups -OCH3 is 1. The van der Waals surface area contributed by atoms with Gasteiger partial charge in [0.1, 0.15) is 28.5 Å². The number of imide groups is 1. The minimum absolute atomic E-state index is 0.0589. The van der Waals surface area contributed by atoms with Gasteiger partial charge in [-0.1, -0.05) is 0 Å². The molecular formula is C50H52FN9O7. The van der Waals surface area contributed by atoms with E-state index in [0.717, 1.165) is 74.3 Å². The summed E-state index contributed by atoms with van der Waals surface area (Å²) in [5.41, 5.74) is 2.90.